The number of fused-ring (bicyclic) bond motifs is 20. The normalized spacial score (nSPS) is 11.8. The zero-order chi connectivity index (χ0) is 95.4. The Labute approximate surface area is 812 Å². The van der Waals surface area contributed by atoms with Crippen molar-refractivity contribution in [3.8, 4) is 91.5 Å². The van der Waals surface area contributed by atoms with Gasteiger partial charge in [-0.1, -0.05) is 259 Å². The molecule has 136 heavy (non-hydrogen) atoms. The SMILES string of the molecule is CCCCCCCCCCCCOc1cc2c(cc1OCCOCCOCCOC)-c1nc-2nc2[nH]c(nc3nc(nc4[nH]c(n1)c1cc(OCCOCCOCCOC)c(OCCCCCCCCCCCC)cc41)-c1cc(OCCCCCCCCCCCC)c(OCCOCCOCCOC)cc1-3)c1cc(OCCOCCOCCOC)c(OCCCCCCCCCCCC)cc21. The molecule has 0 atom stereocenters. The van der Waals surface area contributed by atoms with E-state index in [1.165, 1.54) is 180 Å². The van der Waals surface area contributed by atoms with Crippen LogP contribution in [0.2, 0.25) is 0 Å². The van der Waals surface area contributed by atoms with E-state index < -0.39 is 0 Å². The maximum Gasteiger partial charge on any atom is 0.164 e. The van der Waals surface area contributed by atoms with Crippen molar-refractivity contribution in [1.82, 2.24) is 39.9 Å². The van der Waals surface area contributed by atoms with E-state index >= 15 is 0 Å². The minimum atomic E-state index is 0.212. The Kier molecular flexibility index (Phi) is 58.8. The summed E-state index contributed by atoms with van der Waals surface area (Å²) in [6, 6.07) is 15.9. The highest BCUT2D eigenvalue weighted by molar-refractivity contribution is 6.08. The van der Waals surface area contributed by atoms with Gasteiger partial charge >= 0.3 is 0 Å². The van der Waals surface area contributed by atoms with E-state index in [0.29, 0.717) is 268 Å². The van der Waals surface area contributed by atoms with Crippen LogP contribution in [0.25, 0.3) is 89.7 Å². The van der Waals surface area contributed by atoms with Crippen molar-refractivity contribution in [2.75, 3.05) is 213 Å². The highest BCUT2D eigenvalue weighted by Gasteiger charge is 2.29. The zero-order valence-corrected chi connectivity index (χ0v) is 84.6. The number of nitrogens with one attached hydrogen (secondary N) is 2. The topological polar surface area (TPSA) is 294 Å². The maximum absolute atomic E-state index is 6.94. The molecule has 0 unspecified atom stereocenters. The van der Waals surface area contributed by atoms with Gasteiger partial charge in [0.05, 0.1) is 159 Å². The Hall–Kier alpha value is -7.84. The van der Waals surface area contributed by atoms with Crippen LogP contribution in [0.3, 0.4) is 0 Å². The minimum Gasteiger partial charge on any atom is -0.490 e. The summed E-state index contributed by atoms with van der Waals surface area (Å²) in [4.78, 5) is 41.2. The molecule has 0 spiro atoms. The molecule has 3 aromatic heterocycles. The van der Waals surface area contributed by atoms with Gasteiger partial charge in [0.2, 0.25) is 0 Å². The predicted molar refractivity (Wildman–Crippen MR) is 541 cm³/mol. The number of rotatable bonds is 88. The molecule has 0 fully saturated rings. The van der Waals surface area contributed by atoms with E-state index in [4.69, 9.17) is 125 Å². The Balaban J connectivity index is 1.26. The number of aromatic amines is 2. The summed E-state index contributed by atoms with van der Waals surface area (Å²) < 4.78 is 123. The second kappa shape index (κ2) is 71.6. The van der Waals surface area contributed by atoms with Crippen molar-refractivity contribution in [1.29, 1.82) is 0 Å². The van der Waals surface area contributed by atoms with Gasteiger partial charge < -0.3 is 105 Å². The summed E-state index contributed by atoms with van der Waals surface area (Å²) in [7, 11) is 6.65. The fraction of sp³-hybridized carbons (Fsp3) is 0.704. The number of unbranched alkanes of at least 4 members (excludes halogenated alkanes) is 36. The molecule has 2 aliphatic rings. The molecule has 5 heterocycles. The molecule has 9 rings (SSSR count). The molecule has 28 heteroatoms. The van der Waals surface area contributed by atoms with Crippen LogP contribution in [0, 0.1) is 0 Å². The van der Waals surface area contributed by atoms with E-state index in [1.807, 2.05) is 48.5 Å². The summed E-state index contributed by atoms with van der Waals surface area (Å²) in [5.74, 6) is 5.53. The van der Waals surface area contributed by atoms with Gasteiger partial charge in [-0.2, -0.15) is 0 Å². The molecule has 762 valence electrons. The number of hydrogen-bond donors (Lipinski definition) is 2. The summed E-state index contributed by atoms with van der Waals surface area (Å²) in [6.07, 6.45) is 47.4. The molecule has 0 saturated heterocycles. The van der Waals surface area contributed by atoms with Gasteiger partial charge in [-0.05, 0) is 74.2 Å². The smallest absolute Gasteiger partial charge is 0.164 e. The molecule has 0 amide bonds. The molecule has 7 aromatic rings. The second-order valence-electron chi connectivity index (χ2n) is 35.4. The lowest BCUT2D eigenvalue weighted by molar-refractivity contribution is 0.0177. The van der Waals surface area contributed by atoms with E-state index in [-0.39, 0.29) is 52.9 Å². The van der Waals surface area contributed by atoms with E-state index in [1.54, 1.807) is 28.4 Å². The molecular formula is C108H170N8O20. The Morgan fingerprint density at radius 2 is 0.324 bits per heavy atom. The molecule has 28 nitrogen and oxygen atoms in total. The predicted octanol–water partition coefficient (Wildman–Crippen LogP) is 24.3. The molecule has 8 bridgehead atoms. The summed E-state index contributed by atoms with van der Waals surface area (Å²) in [6.45, 7) is 20.0. The highest BCUT2D eigenvalue weighted by Crippen LogP contribution is 2.47. The molecule has 2 aliphatic heterocycles. The van der Waals surface area contributed by atoms with Crippen LogP contribution in [0.4, 0.5) is 0 Å². The van der Waals surface area contributed by atoms with Crippen LogP contribution in [-0.2, 0) is 56.8 Å². The van der Waals surface area contributed by atoms with Gasteiger partial charge in [-0.15, -0.1) is 0 Å². The van der Waals surface area contributed by atoms with Crippen LogP contribution < -0.4 is 37.9 Å². The lowest BCUT2D eigenvalue weighted by Crippen LogP contribution is -2.12. The average molecular weight is 1900 g/mol. The van der Waals surface area contributed by atoms with Gasteiger partial charge in [0, 0.05) is 72.2 Å². The number of ether oxygens (including phenoxy) is 20. The Bertz CT molecular complexity index is 4140. The number of methoxy groups -OCH3 is 4. The van der Waals surface area contributed by atoms with Crippen molar-refractivity contribution >= 4 is 44.1 Å². The first kappa shape index (κ1) is 112. The third-order valence-electron chi connectivity index (χ3n) is 24.3. The van der Waals surface area contributed by atoms with Crippen molar-refractivity contribution in [2.24, 2.45) is 0 Å². The average Bonchev–Trinajstić information content (AvgIpc) is 1.59. The standard InChI is InChI=1S/C108H170N8O20/c1-9-13-17-21-25-29-33-37-41-45-49-129-93-77-85-89(81-97(93)133-73-69-125-65-61-121-57-53-117-5)105-111-101(85)109-102-86-78-94(130-50-46-42-38-34-30-26-22-18-14-10-2)98(134-74-70-126-66-62-122-58-54-118-6)82-90(86)107(112-102)116-108-92-84-100(136-76-72-128-68-64-124-60-56-120-8)96(132-52-48-44-40-36-32-28-24-20-16-12-4)80-88(92)104(114-108)110-103-87-79-95(131-51-47-43-39-35-31-27-23-19-15-11-3)99(83-91(87)106(113-103)115-105)135-75-71-127-67-63-123-59-55-119-7/h77-84H,9-76H2,1-8H3,(H2,109,110,111,112,113,114,115,116). The fourth-order valence-electron chi connectivity index (χ4n) is 16.5. The van der Waals surface area contributed by atoms with E-state index in [9.17, 15) is 0 Å². The summed E-state index contributed by atoms with van der Waals surface area (Å²) >= 11 is 0. The van der Waals surface area contributed by atoms with Gasteiger partial charge in [-0.25, -0.2) is 29.9 Å². The lowest BCUT2D eigenvalue weighted by atomic mass is 10.1. The second-order valence-corrected chi connectivity index (χ2v) is 35.4. The monoisotopic (exact) mass is 1900 g/mol. The zero-order valence-electron chi connectivity index (χ0n) is 84.6. The van der Waals surface area contributed by atoms with Crippen LogP contribution in [0.15, 0.2) is 48.5 Å². The van der Waals surface area contributed by atoms with Gasteiger partial charge in [0.15, 0.2) is 69.3 Å². The van der Waals surface area contributed by atoms with Crippen LogP contribution in [0.1, 0.15) is 285 Å². The number of hydrogen-bond acceptors (Lipinski definition) is 26. The van der Waals surface area contributed by atoms with E-state index in [2.05, 4.69) is 37.7 Å². The Morgan fingerprint density at radius 3 is 0.507 bits per heavy atom. The van der Waals surface area contributed by atoms with Crippen molar-refractivity contribution in [3.05, 3.63) is 48.5 Å². The largest absolute Gasteiger partial charge is 0.490 e. The first-order chi connectivity index (χ1) is 67.3. The summed E-state index contributed by atoms with van der Waals surface area (Å²) in [5.41, 5.74) is 4.34. The van der Waals surface area contributed by atoms with Crippen molar-refractivity contribution in [2.45, 2.75) is 285 Å². The van der Waals surface area contributed by atoms with Crippen LogP contribution in [0.5, 0.6) is 46.0 Å². The highest BCUT2D eigenvalue weighted by atomic mass is 16.6. The third-order valence-corrected chi connectivity index (χ3v) is 24.3. The minimum absolute atomic E-state index is 0.212. The number of nitrogens with zero attached hydrogens (tertiary/aromatic N) is 6. The molecular weight excluding hydrogens is 1730 g/mol. The molecule has 0 radical (unpaired) electrons. The maximum atomic E-state index is 6.94. The van der Waals surface area contributed by atoms with Gasteiger partial charge in [0.25, 0.3) is 0 Å². The number of benzene rings is 4. The van der Waals surface area contributed by atoms with Crippen molar-refractivity contribution < 1.29 is 94.7 Å². The lowest BCUT2D eigenvalue weighted by Gasteiger charge is -2.15. The van der Waals surface area contributed by atoms with Gasteiger partial charge in [0.1, 0.15) is 49.0 Å². The molecule has 0 aliphatic carbocycles. The molecule has 4 aromatic carbocycles. The third kappa shape index (κ3) is 42.3. The number of aromatic nitrogens is 8. The van der Waals surface area contributed by atoms with Gasteiger partial charge in [-0.3, -0.25) is 0 Å². The van der Waals surface area contributed by atoms with Crippen molar-refractivity contribution in [3.63, 3.8) is 0 Å². The first-order valence-corrected chi connectivity index (χ1v) is 52.5. The molecule has 2 N–H and O–H groups in total. The van der Waals surface area contributed by atoms with E-state index in [0.717, 1.165) is 77.0 Å². The number of H-pyrrole nitrogens is 2. The quantitative estimate of drug-likeness (QED) is 0.0335. The Morgan fingerprint density at radius 1 is 0.169 bits per heavy atom. The molecule has 0 saturated carbocycles. The van der Waals surface area contributed by atoms with Crippen LogP contribution in [-0.4, -0.2) is 253 Å². The fourth-order valence-corrected chi connectivity index (χ4v) is 16.5. The van der Waals surface area contributed by atoms with Crippen LogP contribution >= 0.6 is 0 Å². The summed E-state index contributed by atoms with van der Waals surface area (Å²) in [5, 5.41) is 2.71. The first-order valence-electron chi connectivity index (χ1n) is 52.5.